The van der Waals surface area contributed by atoms with Crippen LogP contribution in [0.3, 0.4) is 0 Å². The Morgan fingerprint density at radius 3 is 2.89 bits per heavy atom. The number of nitrogens with zero attached hydrogens (tertiary/aromatic N) is 2. The number of fused-ring (bicyclic) bond motifs is 1. The van der Waals surface area contributed by atoms with Crippen LogP contribution in [0.1, 0.15) is 49.4 Å². The maximum atomic E-state index is 5.93. The van der Waals surface area contributed by atoms with Crippen molar-refractivity contribution in [2.75, 3.05) is 11.4 Å². The maximum absolute atomic E-state index is 5.93. The highest BCUT2D eigenvalue weighted by Crippen LogP contribution is 2.34. The standard InChI is InChI=1S/C15H23N3/c1-2-8-18(13-6-7-13)15-12(10-16)9-11-4-3-5-14(11)17-15/h9,13H,2-8,10,16H2,1H3. The molecule has 1 saturated carbocycles. The van der Waals surface area contributed by atoms with Gasteiger partial charge in [-0.05, 0) is 50.2 Å². The number of hydrogen-bond donors (Lipinski definition) is 1. The Morgan fingerprint density at radius 1 is 1.39 bits per heavy atom. The number of hydrogen-bond acceptors (Lipinski definition) is 3. The Labute approximate surface area is 109 Å². The Hall–Kier alpha value is -1.09. The number of nitrogens with two attached hydrogens (primary N) is 1. The number of aromatic nitrogens is 1. The third-order valence-corrected chi connectivity index (χ3v) is 4.05. The summed E-state index contributed by atoms with van der Waals surface area (Å²) in [7, 11) is 0. The zero-order valence-corrected chi connectivity index (χ0v) is 11.3. The van der Waals surface area contributed by atoms with E-state index in [0.29, 0.717) is 6.54 Å². The van der Waals surface area contributed by atoms with Crippen LogP contribution in [0.2, 0.25) is 0 Å². The fraction of sp³-hybridized carbons (Fsp3) is 0.667. The first kappa shape index (κ1) is 12.0. The Kier molecular flexibility index (Phi) is 3.25. The quantitative estimate of drug-likeness (QED) is 0.866. The van der Waals surface area contributed by atoms with Gasteiger partial charge in [0.1, 0.15) is 5.82 Å². The fourth-order valence-electron chi connectivity index (χ4n) is 3.00. The van der Waals surface area contributed by atoms with Crippen LogP contribution in [0.15, 0.2) is 6.07 Å². The minimum atomic E-state index is 0.614. The lowest BCUT2D eigenvalue weighted by atomic mass is 10.1. The highest BCUT2D eigenvalue weighted by molar-refractivity contribution is 5.52. The van der Waals surface area contributed by atoms with Crippen LogP contribution >= 0.6 is 0 Å². The van der Waals surface area contributed by atoms with Crippen LogP contribution in [0.4, 0.5) is 5.82 Å². The molecule has 1 heterocycles. The zero-order chi connectivity index (χ0) is 12.5. The van der Waals surface area contributed by atoms with E-state index in [4.69, 9.17) is 10.7 Å². The van der Waals surface area contributed by atoms with Crippen LogP contribution in [0.5, 0.6) is 0 Å². The molecule has 0 aromatic carbocycles. The molecule has 0 atom stereocenters. The first-order valence-corrected chi connectivity index (χ1v) is 7.32. The summed E-state index contributed by atoms with van der Waals surface area (Å²) in [5.41, 5.74) is 9.94. The van der Waals surface area contributed by atoms with Crippen molar-refractivity contribution in [2.45, 2.75) is 58.0 Å². The average molecular weight is 245 g/mol. The third kappa shape index (κ3) is 2.12. The van der Waals surface area contributed by atoms with E-state index >= 15 is 0 Å². The van der Waals surface area contributed by atoms with Crippen molar-refractivity contribution in [1.29, 1.82) is 0 Å². The zero-order valence-electron chi connectivity index (χ0n) is 11.3. The minimum absolute atomic E-state index is 0.614. The minimum Gasteiger partial charge on any atom is -0.353 e. The van der Waals surface area contributed by atoms with Crippen molar-refractivity contribution >= 4 is 5.82 Å². The van der Waals surface area contributed by atoms with Crippen molar-refractivity contribution in [3.8, 4) is 0 Å². The van der Waals surface area contributed by atoms with Crippen LogP contribution in [-0.2, 0) is 19.4 Å². The smallest absolute Gasteiger partial charge is 0.133 e. The monoisotopic (exact) mass is 245 g/mol. The molecular formula is C15H23N3. The van der Waals surface area contributed by atoms with E-state index in [0.717, 1.165) is 19.0 Å². The van der Waals surface area contributed by atoms with Gasteiger partial charge in [0, 0.05) is 30.4 Å². The molecule has 2 N–H and O–H groups in total. The molecule has 0 radical (unpaired) electrons. The molecule has 1 fully saturated rings. The molecule has 3 heteroatoms. The molecule has 0 bridgehead atoms. The molecule has 0 saturated heterocycles. The van der Waals surface area contributed by atoms with Gasteiger partial charge in [0.2, 0.25) is 0 Å². The van der Waals surface area contributed by atoms with E-state index in [2.05, 4.69) is 17.9 Å². The molecule has 1 aromatic rings. The first-order chi connectivity index (χ1) is 8.83. The van der Waals surface area contributed by atoms with E-state index in [1.807, 2.05) is 0 Å². The molecule has 0 aliphatic heterocycles. The summed E-state index contributed by atoms with van der Waals surface area (Å²) in [5.74, 6) is 1.18. The molecule has 98 valence electrons. The molecule has 3 rings (SSSR count). The average Bonchev–Trinajstić information content (AvgIpc) is 3.12. The van der Waals surface area contributed by atoms with Crippen LogP contribution in [-0.4, -0.2) is 17.6 Å². The molecule has 2 aliphatic carbocycles. The van der Waals surface area contributed by atoms with Crippen LogP contribution in [0.25, 0.3) is 0 Å². The lowest BCUT2D eigenvalue weighted by Gasteiger charge is -2.26. The van der Waals surface area contributed by atoms with Crippen molar-refractivity contribution in [1.82, 2.24) is 4.98 Å². The highest BCUT2D eigenvalue weighted by atomic mass is 15.2. The summed E-state index contributed by atoms with van der Waals surface area (Å²) >= 11 is 0. The molecule has 0 amide bonds. The Morgan fingerprint density at radius 2 is 2.22 bits per heavy atom. The van der Waals surface area contributed by atoms with Gasteiger partial charge in [0.15, 0.2) is 0 Å². The Balaban J connectivity index is 1.97. The van der Waals surface area contributed by atoms with E-state index in [9.17, 15) is 0 Å². The van der Waals surface area contributed by atoms with Gasteiger partial charge in [-0.1, -0.05) is 6.92 Å². The maximum Gasteiger partial charge on any atom is 0.133 e. The second-order valence-corrected chi connectivity index (χ2v) is 5.56. The van der Waals surface area contributed by atoms with Gasteiger partial charge in [-0.3, -0.25) is 0 Å². The summed E-state index contributed by atoms with van der Waals surface area (Å²) in [4.78, 5) is 7.45. The number of pyridine rings is 1. The molecule has 0 unspecified atom stereocenters. The van der Waals surface area contributed by atoms with Crippen molar-refractivity contribution in [3.63, 3.8) is 0 Å². The van der Waals surface area contributed by atoms with Gasteiger partial charge in [-0.2, -0.15) is 0 Å². The van der Waals surface area contributed by atoms with Crippen LogP contribution < -0.4 is 10.6 Å². The number of anilines is 1. The van der Waals surface area contributed by atoms with Crippen molar-refractivity contribution < 1.29 is 0 Å². The van der Waals surface area contributed by atoms with E-state index in [1.54, 1.807) is 0 Å². The molecule has 0 spiro atoms. The first-order valence-electron chi connectivity index (χ1n) is 7.32. The van der Waals surface area contributed by atoms with Gasteiger partial charge in [-0.25, -0.2) is 4.98 Å². The lowest BCUT2D eigenvalue weighted by molar-refractivity contribution is 0.739. The molecule has 1 aromatic heterocycles. The summed E-state index contributed by atoms with van der Waals surface area (Å²) in [6.45, 7) is 3.97. The van der Waals surface area contributed by atoms with E-state index in [1.165, 1.54) is 54.7 Å². The molecule has 2 aliphatic rings. The Bertz CT molecular complexity index is 438. The van der Waals surface area contributed by atoms with Gasteiger partial charge in [-0.15, -0.1) is 0 Å². The largest absolute Gasteiger partial charge is 0.353 e. The van der Waals surface area contributed by atoms with Gasteiger partial charge >= 0.3 is 0 Å². The second kappa shape index (κ2) is 4.88. The summed E-state index contributed by atoms with van der Waals surface area (Å²) < 4.78 is 0. The molecular weight excluding hydrogens is 222 g/mol. The predicted molar refractivity (Wildman–Crippen MR) is 74.8 cm³/mol. The number of rotatable bonds is 5. The predicted octanol–water partition coefficient (Wildman–Crippen LogP) is 2.41. The fourth-order valence-corrected chi connectivity index (χ4v) is 3.00. The topological polar surface area (TPSA) is 42.2 Å². The van der Waals surface area contributed by atoms with Gasteiger partial charge < -0.3 is 10.6 Å². The summed E-state index contributed by atoms with van der Waals surface area (Å²) in [6.07, 6.45) is 7.42. The van der Waals surface area contributed by atoms with Gasteiger partial charge in [0.05, 0.1) is 0 Å². The third-order valence-electron chi connectivity index (χ3n) is 4.05. The lowest BCUT2D eigenvalue weighted by Crippen LogP contribution is -2.29. The SMILES string of the molecule is CCCN(c1nc2c(cc1CN)CCC2)C1CC1. The normalized spacial score (nSPS) is 17.9. The number of aryl methyl sites for hydroxylation is 2. The van der Waals surface area contributed by atoms with Gasteiger partial charge in [0.25, 0.3) is 0 Å². The molecule has 18 heavy (non-hydrogen) atoms. The highest BCUT2D eigenvalue weighted by Gasteiger charge is 2.31. The van der Waals surface area contributed by atoms with Crippen molar-refractivity contribution in [3.05, 3.63) is 22.9 Å². The van der Waals surface area contributed by atoms with Crippen molar-refractivity contribution in [2.24, 2.45) is 5.73 Å². The summed E-state index contributed by atoms with van der Waals surface area (Å²) in [6, 6.07) is 3.04. The molecule has 3 nitrogen and oxygen atoms in total. The summed E-state index contributed by atoms with van der Waals surface area (Å²) in [5, 5.41) is 0. The van der Waals surface area contributed by atoms with Crippen LogP contribution in [0, 0.1) is 0 Å². The van der Waals surface area contributed by atoms with E-state index < -0.39 is 0 Å². The van der Waals surface area contributed by atoms with E-state index in [-0.39, 0.29) is 0 Å². The second-order valence-electron chi connectivity index (χ2n) is 5.56.